The van der Waals surface area contributed by atoms with E-state index in [9.17, 15) is 0 Å². The van der Waals surface area contributed by atoms with Crippen molar-refractivity contribution in [1.29, 1.82) is 0 Å². The van der Waals surface area contributed by atoms with E-state index in [0.717, 1.165) is 41.8 Å². The molecule has 2 bridgehead atoms. The number of benzene rings is 1. The Hall–Kier alpha value is -0.680. The van der Waals surface area contributed by atoms with Gasteiger partial charge in [0.2, 0.25) is 6.79 Å². The van der Waals surface area contributed by atoms with E-state index in [1.165, 1.54) is 38.0 Å². The molecule has 0 aliphatic carbocycles. The number of rotatable bonds is 4. The van der Waals surface area contributed by atoms with Gasteiger partial charge in [-0.25, -0.2) is 0 Å². The van der Waals surface area contributed by atoms with Gasteiger partial charge in [-0.3, -0.25) is 4.90 Å². The van der Waals surface area contributed by atoms with Gasteiger partial charge in [-0.15, -0.1) is 24.8 Å². The molecular formula is C19H28Cl2N2O2. The third-order valence-corrected chi connectivity index (χ3v) is 6.45. The average Bonchev–Trinajstić information content (AvgIpc) is 3.28. The highest BCUT2D eigenvalue weighted by Crippen LogP contribution is 2.47. The van der Waals surface area contributed by atoms with Gasteiger partial charge >= 0.3 is 0 Å². The van der Waals surface area contributed by atoms with Crippen LogP contribution in [-0.2, 0) is 6.42 Å². The Kier molecular flexibility index (Phi) is 5.74. The Bertz CT molecular complexity index is 597. The quantitative estimate of drug-likeness (QED) is 0.861. The molecule has 3 saturated heterocycles. The lowest BCUT2D eigenvalue weighted by Gasteiger charge is -2.27. The third-order valence-electron chi connectivity index (χ3n) is 6.45. The second-order valence-corrected chi connectivity index (χ2v) is 7.89. The molecule has 0 saturated carbocycles. The first-order chi connectivity index (χ1) is 11.3. The van der Waals surface area contributed by atoms with Gasteiger partial charge in [0, 0.05) is 18.6 Å². The maximum atomic E-state index is 5.51. The van der Waals surface area contributed by atoms with Gasteiger partial charge in [0.05, 0.1) is 0 Å². The van der Waals surface area contributed by atoms with Crippen LogP contribution in [0.1, 0.15) is 25.3 Å². The molecule has 3 fully saturated rings. The lowest BCUT2D eigenvalue weighted by atomic mass is 9.82. The summed E-state index contributed by atoms with van der Waals surface area (Å²) in [6.45, 7) is 6.51. The summed E-state index contributed by atoms with van der Waals surface area (Å²) in [4.78, 5) is 2.85. The summed E-state index contributed by atoms with van der Waals surface area (Å²) in [5, 5.41) is 3.61. The van der Waals surface area contributed by atoms with Crippen molar-refractivity contribution in [2.75, 3.05) is 26.4 Å². The zero-order valence-corrected chi connectivity index (χ0v) is 16.3. The van der Waals surface area contributed by atoms with Crippen molar-refractivity contribution >= 4 is 24.8 Å². The molecule has 5 rings (SSSR count). The monoisotopic (exact) mass is 386 g/mol. The molecule has 4 aliphatic heterocycles. The standard InChI is InChI=1S/C19H26N2O2.2ClH/c1-12(6-13-2-5-18-19(7-13)23-11-22-18)10-21-16-3-4-17(21)15-9-20-8-14(15)16;;/h2,5,7,12,14-17,20H,3-4,6,8-11H2,1H3;2*1H/t12?,14-,15+,16-,17+;;. The summed E-state index contributed by atoms with van der Waals surface area (Å²) >= 11 is 0. The molecule has 1 aromatic carbocycles. The van der Waals surface area contributed by atoms with Crippen LogP contribution in [0.4, 0.5) is 0 Å². The number of nitrogens with zero attached hydrogens (tertiary/aromatic N) is 1. The van der Waals surface area contributed by atoms with Crippen LogP contribution in [0.15, 0.2) is 18.2 Å². The van der Waals surface area contributed by atoms with Gasteiger partial charge in [0.1, 0.15) is 0 Å². The SMILES string of the molecule is CC(Cc1ccc2c(c1)OCO2)CN1[C@@H]2CC[C@H]1[C@H]1CNC[C@H]12.Cl.Cl. The first-order valence-corrected chi connectivity index (χ1v) is 9.14. The van der Waals surface area contributed by atoms with Crippen LogP contribution >= 0.6 is 24.8 Å². The fourth-order valence-electron chi connectivity index (χ4n) is 5.57. The minimum absolute atomic E-state index is 0. The van der Waals surface area contributed by atoms with Crippen molar-refractivity contribution in [3.05, 3.63) is 23.8 Å². The molecule has 0 amide bonds. The minimum Gasteiger partial charge on any atom is -0.454 e. The van der Waals surface area contributed by atoms with Crippen molar-refractivity contribution in [1.82, 2.24) is 10.2 Å². The molecule has 0 spiro atoms. The van der Waals surface area contributed by atoms with E-state index in [1.54, 1.807) is 0 Å². The van der Waals surface area contributed by atoms with Crippen molar-refractivity contribution < 1.29 is 9.47 Å². The van der Waals surface area contributed by atoms with Crippen LogP contribution < -0.4 is 14.8 Å². The highest BCUT2D eigenvalue weighted by Gasteiger charge is 2.54. The predicted molar refractivity (Wildman–Crippen MR) is 103 cm³/mol. The Morgan fingerprint density at radius 1 is 1.08 bits per heavy atom. The van der Waals surface area contributed by atoms with E-state index in [0.29, 0.717) is 12.7 Å². The number of hydrogen-bond donors (Lipinski definition) is 1. The highest BCUT2D eigenvalue weighted by molar-refractivity contribution is 5.85. The maximum absolute atomic E-state index is 5.51. The summed E-state index contributed by atoms with van der Waals surface area (Å²) < 4.78 is 10.9. The molecule has 140 valence electrons. The third kappa shape index (κ3) is 3.23. The van der Waals surface area contributed by atoms with Gasteiger partial charge in [-0.05, 0) is 67.8 Å². The molecule has 4 heterocycles. The first kappa shape index (κ1) is 19.1. The minimum atomic E-state index is 0. The molecule has 1 N–H and O–H groups in total. The van der Waals surface area contributed by atoms with Gasteiger partial charge in [0.25, 0.3) is 0 Å². The van der Waals surface area contributed by atoms with Gasteiger partial charge in [0.15, 0.2) is 11.5 Å². The Balaban J connectivity index is 0.000000911. The summed E-state index contributed by atoms with van der Waals surface area (Å²) in [6, 6.07) is 8.11. The van der Waals surface area contributed by atoms with Crippen LogP contribution in [0.25, 0.3) is 0 Å². The largest absolute Gasteiger partial charge is 0.454 e. The lowest BCUT2D eigenvalue weighted by Crippen LogP contribution is -2.37. The van der Waals surface area contributed by atoms with Crippen molar-refractivity contribution in [2.24, 2.45) is 17.8 Å². The van der Waals surface area contributed by atoms with Gasteiger partial charge in [-0.2, -0.15) is 0 Å². The topological polar surface area (TPSA) is 33.7 Å². The van der Waals surface area contributed by atoms with E-state index in [2.05, 4.69) is 35.3 Å². The molecule has 0 aromatic heterocycles. The van der Waals surface area contributed by atoms with E-state index in [4.69, 9.17) is 9.47 Å². The average molecular weight is 387 g/mol. The summed E-state index contributed by atoms with van der Waals surface area (Å²) in [5.74, 6) is 4.33. The van der Waals surface area contributed by atoms with E-state index >= 15 is 0 Å². The highest BCUT2D eigenvalue weighted by atomic mass is 35.5. The van der Waals surface area contributed by atoms with Crippen molar-refractivity contribution in [2.45, 2.75) is 38.3 Å². The summed E-state index contributed by atoms with van der Waals surface area (Å²) in [7, 11) is 0. The lowest BCUT2D eigenvalue weighted by molar-refractivity contribution is 0.174. The summed E-state index contributed by atoms with van der Waals surface area (Å²) in [6.07, 6.45) is 3.97. The second-order valence-electron chi connectivity index (χ2n) is 7.89. The number of fused-ring (bicyclic) bond motifs is 6. The molecule has 25 heavy (non-hydrogen) atoms. The van der Waals surface area contributed by atoms with Crippen LogP contribution in [0.5, 0.6) is 11.5 Å². The number of hydrogen-bond acceptors (Lipinski definition) is 4. The number of halogens is 2. The fraction of sp³-hybridized carbons (Fsp3) is 0.684. The Labute approximate surface area is 162 Å². The molecule has 1 aromatic rings. The summed E-state index contributed by atoms with van der Waals surface area (Å²) in [5.41, 5.74) is 1.37. The van der Waals surface area contributed by atoms with Crippen LogP contribution in [0.2, 0.25) is 0 Å². The second kappa shape index (κ2) is 7.51. The van der Waals surface area contributed by atoms with E-state index in [1.807, 2.05) is 0 Å². The van der Waals surface area contributed by atoms with E-state index in [-0.39, 0.29) is 24.8 Å². The Morgan fingerprint density at radius 2 is 1.76 bits per heavy atom. The molecule has 0 radical (unpaired) electrons. The fourth-order valence-corrected chi connectivity index (χ4v) is 5.57. The molecule has 1 unspecified atom stereocenters. The smallest absolute Gasteiger partial charge is 0.231 e. The van der Waals surface area contributed by atoms with Gasteiger partial charge in [-0.1, -0.05) is 13.0 Å². The van der Waals surface area contributed by atoms with Crippen molar-refractivity contribution in [3.8, 4) is 11.5 Å². The number of ether oxygens (including phenoxy) is 2. The zero-order valence-electron chi connectivity index (χ0n) is 14.6. The maximum Gasteiger partial charge on any atom is 0.231 e. The van der Waals surface area contributed by atoms with Crippen molar-refractivity contribution in [3.63, 3.8) is 0 Å². The predicted octanol–water partition coefficient (Wildman–Crippen LogP) is 3.12. The van der Waals surface area contributed by atoms with Crippen LogP contribution in [0.3, 0.4) is 0 Å². The molecule has 6 heteroatoms. The molecule has 5 atom stereocenters. The zero-order chi connectivity index (χ0) is 15.4. The van der Waals surface area contributed by atoms with Crippen LogP contribution in [0, 0.1) is 17.8 Å². The number of nitrogens with one attached hydrogen (secondary N) is 1. The molecule has 4 aliphatic rings. The van der Waals surface area contributed by atoms with E-state index < -0.39 is 0 Å². The first-order valence-electron chi connectivity index (χ1n) is 9.14. The van der Waals surface area contributed by atoms with Crippen LogP contribution in [-0.4, -0.2) is 43.4 Å². The Morgan fingerprint density at radius 3 is 2.48 bits per heavy atom. The molecule has 4 nitrogen and oxygen atoms in total. The molecular weight excluding hydrogens is 359 g/mol. The van der Waals surface area contributed by atoms with Gasteiger partial charge < -0.3 is 14.8 Å². The normalized spacial score (nSPS) is 32.8.